The summed E-state index contributed by atoms with van der Waals surface area (Å²) in [7, 11) is 0. The number of nitrogens with zero attached hydrogens (tertiary/aromatic N) is 3. The largest absolute Gasteiger partial charge is 0.461 e. The van der Waals surface area contributed by atoms with Gasteiger partial charge in [-0.05, 0) is 18.6 Å². The van der Waals surface area contributed by atoms with Crippen LogP contribution in [0.15, 0.2) is 23.6 Å². The maximum Gasteiger partial charge on any atom is 0.356 e. The van der Waals surface area contributed by atoms with Crippen molar-refractivity contribution in [2.24, 2.45) is 5.16 Å². The summed E-state index contributed by atoms with van der Waals surface area (Å²) in [4.78, 5) is 11.2. The van der Waals surface area contributed by atoms with Crippen molar-refractivity contribution in [1.29, 1.82) is 0 Å². The summed E-state index contributed by atoms with van der Waals surface area (Å²) in [6, 6.07) is 1.68. The normalized spacial score (nSPS) is 11.1. The zero-order chi connectivity index (χ0) is 11.1. The molecular weight excluding hydrogens is 198 g/mol. The second-order valence-corrected chi connectivity index (χ2v) is 2.69. The topological polar surface area (TPSA) is 84.7 Å². The third-order valence-corrected chi connectivity index (χ3v) is 1.65. The van der Waals surface area contributed by atoms with Crippen molar-refractivity contribution in [3.8, 4) is 0 Å². The maximum atomic E-state index is 11.2. The second-order valence-electron chi connectivity index (χ2n) is 2.69. The van der Waals surface area contributed by atoms with Gasteiger partial charge in [-0.25, -0.2) is 4.79 Å². The third-order valence-electron chi connectivity index (χ3n) is 1.65. The van der Waals surface area contributed by atoms with E-state index in [1.165, 1.54) is 12.4 Å². The molecule has 0 amide bonds. The molecule has 80 valence electrons. The van der Waals surface area contributed by atoms with E-state index in [4.69, 9.17) is 9.94 Å². The van der Waals surface area contributed by atoms with Crippen LogP contribution in [-0.2, 0) is 16.0 Å². The first-order chi connectivity index (χ1) is 7.27. The van der Waals surface area contributed by atoms with Crippen LogP contribution >= 0.6 is 0 Å². The molecule has 0 aromatic carbocycles. The number of carbonyl (C=O) groups is 1. The van der Waals surface area contributed by atoms with Crippen LogP contribution in [0.3, 0.4) is 0 Å². The lowest BCUT2D eigenvalue weighted by atomic mass is 10.1. The van der Waals surface area contributed by atoms with Gasteiger partial charge >= 0.3 is 5.97 Å². The average molecular weight is 209 g/mol. The molecular formula is C9H11N3O3. The summed E-state index contributed by atoms with van der Waals surface area (Å²) in [5.41, 5.74) is 0.677. The summed E-state index contributed by atoms with van der Waals surface area (Å²) in [6.07, 6.45) is 3.16. The van der Waals surface area contributed by atoms with Crippen LogP contribution in [0.4, 0.5) is 0 Å². The molecule has 0 atom stereocenters. The van der Waals surface area contributed by atoms with Gasteiger partial charge in [0.05, 0.1) is 12.8 Å². The van der Waals surface area contributed by atoms with Crippen molar-refractivity contribution in [1.82, 2.24) is 10.2 Å². The molecule has 0 bridgehead atoms. The minimum absolute atomic E-state index is 0.0511. The first-order valence-electron chi connectivity index (χ1n) is 4.41. The zero-order valence-electron chi connectivity index (χ0n) is 8.25. The monoisotopic (exact) mass is 209 g/mol. The molecule has 6 heteroatoms. The number of hydrogen-bond acceptors (Lipinski definition) is 6. The Bertz CT molecular complexity index is 351. The molecule has 0 unspecified atom stereocenters. The first kappa shape index (κ1) is 11.1. The fourth-order valence-corrected chi connectivity index (χ4v) is 0.979. The number of hydrogen-bond donors (Lipinski definition) is 1. The molecule has 0 saturated heterocycles. The van der Waals surface area contributed by atoms with Crippen molar-refractivity contribution in [3.05, 3.63) is 24.0 Å². The number of ether oxygens (including phenoxy) is 1. The van der Waals surface area contributed by atoms with Crippen LogP contribution in [0.1, 0.15) is 12.5 Å². The lowest BCUT2D eigenvalue weighted by molar-refractivity contribution is -0.135. The predicted octanol–water partition coefficient (Wildman–Crippen LogP) is 0.412. The molecule has 15 heavy (non-hydrogen) atoms. The van der Waals surface area contributed by atoms with Crippen LogP contribution in [0.25, 0.3) is 0 Å². The highest BCUT2D eigenvalue weighted by molar-refractivity contribution is 6.36. The molecule has 1 aromatic rings. The number of rotatable bonds is 4. The van der Waals surface area contributed by atoms with Gasteiger partial charge in [0.25, 0.3) is 0 Å². The fourth-order valence-electron chi connectivity index (χ4n) is 0.979. The van der Waals surface area contributed by atoms with Crippen LogP contribution in [0.5, 0.6) is 0 Å². The fraction of sp³-hybridized carbons (Fsp3) is 0.333. The lowest BCUT2D eigenvalue weighted by Gasteiger charge is -2.03. The second kappa shape index (κ2) is 5.69. The van der Waals surface area contributed by atoms with Gasteiger partial charge in [-0.2, -0.15) is 10.2 Å². The molecule has 0 radical (unpaired) electrons. The summed E-state index contributed by atoms with van der Waals surface area (Å²) < 4.78 is 4.70. The molecule has 1 rings (SSSR count). The SMILES string of the molecule is CCOC(=O)/C(Cc1ccnnc1)=N\O. The molecule has 0 spiro atoms. The minimum atomic E-state index is -0.628. The molecule has 0 aliphatic heterocycles. The number of oxime groups is 1. The Morgan fingerprint density at radius 1 is 1.60 bits per heavy atom. The van der Waals surface area contributed by atoms with Crippen molar-refractivity contribution in [3.63, 3.8) is 0 Å². The molecule has 1 heterocycles. The molecule has 1 aromatic heterocycles. The smallest absolute Gasteiger partial charge is 0.356 e. The van der Waals surface area contributed by atoms with Gasteiger partial charge in [0.15, 0.2) is 5.71 Å². The van der Waals surface area contributed by atoms with Crippen molar-refractivity contribution >= 4 is 11.7 Å². The quantitative estimate of drug-likeness (QED) is 0.336. The van der Waals surface area contributed by atoms with Gasteiger partial charge in [0, 0.05) is 12.6 Å². The van der Waals surface area contributed by atoms with E-state index in [0.717, 1.165) is 5.56 Å². The van der Waals surface area contributed by atoms with E-state index >= 15 is 0 Å². The van der Waals surface area contributed by atoms with E-state index in [9.17, 15) is 4.79 Å². The Hall–Kier alpha value is -1.98. The lowest BCUT2D eigenvalue weighted by Crippen LogP contribution is -2.20. The van der Waals surface area contributed by atoms with Crippen LogP contribution in [-0.4, -0.2) is 33.7 Å². The number of esters is 1. The Morgan fingerprint density at radius 2 is 2.40 bits per heavy atom. The highest BCUT2D eigenvalue weighted by Crippen LogP contribution is 1.99. The molecule has 0 saturated carbocycles. The highest BCUT2D eigenvalue weighted by Gasteiger charge is 2.13. The van der Waals surface area contributed by atoms with Gasteiger partial charge in [-0.15, -0.1) is 0 Å². The van der Waals surface area contributed by atoms with E-state index < -0.39 is 5.97 Å². The van der Waals surface area contributed by atoms with Gasteiger partial charge in [0.1, 0.15) is 0 Å². The summed E-state index contributed by atoms with van der Waals surface area (Å²) >= 11 is 0. The highest BCUT2D eigenvalue weighted by atomic mass is 16.5. The van der Waals surface area contributed by atoms with Gasteiger partial charge in [0.2, 0.25) is 0 Å². The van der Waals surface area contributed by atoms with E-state index in [1.54, 1.807) is 13.0 Å². The molecule has 6 nitrogen and oxygen atoms in total. The summed E-state index contributed by atoms with van der Waals surface area (Å²) in [6.45, 7) is 1.92. The molecule has 0 fully saturated rings. The summed E-state index contributed by atoms with van der Waals surface area (Å²) in [5.74, 6) is -0.628. The van der Waals surface area contributed by atoms with E-state index in [0.29, 0.717) is 0 Å². The van der Waals surface area contributed by atoms with Gasteiger partial charge in [-0.1, -0.05) is 5.16 Å². The van der Waals surface area contributed by atoms with Gasteiger partial charge < -0.3 is 9.94 Å². The van der Waals surface area contributed by atoms with E-state index in [-0.39, 0.29) is 18.7 Å². The van der Waals surface area contributed by atoms with E-state index in [1.807, 2.05) is 0 Å². The molecule has 1 N–H and O–H groups in total. The number of carbonyl (C=O) groups excluding carboxylic acids is 1. The predicted molar refractivity (Wildman–Crippen MR) is 51.6 cm³/mol. The van der Waals surface area contributed by atoms with E-state index in [2.05, 4.69) is 15.4 Å². The Labute approximate surface area is 86.6 Å². The summed E-state index contributed by atoms with van der Waals surface area (Å²) in [5, 5.41) is 18.8. The average Bonchev–Trinajstić information content (AvgIpc) is 2.27. The first-order valence-corrected chi connectivity index (χ1v) is 4.41. The van der Waals surface area contributed by atoms with Crippen LogP contribution < -0.4 is 0 Å². The third kappa shape index (κ3) is 3.34. The van der Waals surface area contributed by atoms with Crippen molar-refractivity contribution < 1.29 is 14.7 Å². The standard InChI is InChI=1S/C9H11N3O3/c1-2-15-9(13)8(12-14)5-7-3-4-10-11-6-7/h3-4,6,14H,2,5H2,1H3/b12-8-. The molecule has 0 aliphatic rings. The van der Waals surface area contributed by atoms with Crippen molar-refractivity contribution in [2.45, 2.75) is 13.3 Å². The molecule has 0 aliphatic carbocycles. The maximum absolute atomic E-state index is 11.2. The van der Waals surface area contributed by atoms with Crippen molar-refractivity contribution in [2.75, 3.05) is 6.61 Å². The Morgan fingerprint density at radius 3 is 2.93 bits per heavy atom. The van der Waals surface area contributed by atoms with Gasteiger partial charge in [-0.3, -0.25) is 0 Å². The van der Waals surface area contributed by atoms with Crippen LogP contribution in [0.2, 0.25) is 0 Å². The Kier molecular flexibility index (Phi) is 4.21. The van der Waals surface area contributed by atoms with Crippen LogP contribution in [0, 0.1) is 0 Å². The zero-order valence-corrected chi connectivity index (χ0v) is 8.25. The minimum Gasteiger partial charge on any atom is -0.461 e. The number of aromatic nitrogens is 2. The Balaban J connectivity index is 2.67.